The van der Waals surface area contributed by atoms with E-state index in [1.807, 2.05) is 31.2 Å². The van der Waals surface area contributed by atoms with Crippen LogP contribution in [0.1, 0.15) is 11.3 Å². The normalized spacial score (nSPS) is 10.7. The predicted octanol–water partition coefficient (Wildman–Crippen LogP) is 3.36. The number of methoxy groups -OCH3 is 1. The highest BCUT2D eigenvalue weighted by molar-refractivity contribution is 7.19. The van der Waals surface area contributed by atoms with Crippen LogP contribution >= 0.6 is 11.3 Å². The minimum absolute atomic E-state index is 0.104. The molecule has 0 atom stereocenters. The number of thiophene rings is 1. The lowest BCUT2D eigenvalue weighted by Crippen LogP contribution is -2.20. The van der Waals surface area contributed by atoms with Gasteiger partial charge in [-0.05, 0) is 24.6 Å². The van der Waals surface area contributed by atoms with E-state index in [-0.39, 0.29) is 12.0 Å². The van der Waals surface area contributed by atoms with Gasteiger partial charge in [-0.2, -0.15) is 5.26 Å². The van der Waals surface area contributed by atoms with Crippen molar-refractivity contribution in [2.75, 3.05) is 7.11 Å². The maximum atomic E-state index is 12.8. The molecule has 0 unspecified atom stereocenters. The highest BCUT2D eigenvalue weighted by atomic mass is 32.1. The molecule has 0 aliphatic carbocycles. The maximum absolute atomic E-state index is 12.8. The van der Waals surface area contributed by atoms with Gasteiger partial charge in [0.25, 0.3) is 5.56 Å². The zero-order chi connectivity index (χ0) is 16.4. The summed E-state index contributed by atoms with van der Waals surface area (Å²) in [6, 6.07) is 9.71. The summed E-state index contributed by atoms with van der Waals surface area (Å²) in [5.41, 5.74) is 1.73. The summed E-state index contributed by atoms with van der Waals surface area (Å²) in [5.74, 6) is 0.745. The van der Waals surface area contributed by atoms with Crippen LogP contribution in [0.15, 0.2) is 35.4 Å². The van der Waals surface area contributed by atoms with E-state index >= 15 is 0 Å². The van der Waals surface area contributed by atoms with Gasteiger partial charge in [-0.3, -0.25) is 9.36 Å². The number of aryl methyl sites for hydroxylation is 2. The molecule has 116 valence electrons. The molecule has 0 fully saturated rings. The molecule has 0 saturated heterocycles. The molecule has 3 rings (SSSR count). The number of ether oxygens (including phenoxy) is 1. The Labute approximate surface area is 137 Å². The van der Waals surface area contributed by atoms with Crippen molar-refractivity contribution in [2.45, 2.75) is 19.9 Å². The van der Waals surface area contributed by atoms with Gasteiger partial charge in [0.2, 0.25) is 0 Å². The van der Waals surface area contributed by atoms with Gasteiger partial charge in [-0.15, -0.1) is 11.3 Å². The fraction of sp³-hybridized carbons (Fsp3) is 0.235. The van der Waals surface area contributed by atoms with E-state index in [0.717, 1.165) is 26.6 Å². The van der Waals surface area contributed by atoms with Crippen molar-refractivity contribution in [3.63, 3.8) is 0 Å². The standard InChI is InChI=1S/C17H15N3O2S/c1-11-14(12-5-3-6-13(9-12)22-2)15-16(23-11)19-10-20(17(15)21)8-4-7-18/h3,5-6,9-10H,4,8H2,1-2H3. The van der Waals surface area contributed by atoms with Crippen LogP contribution in [0.2, 0.25) is 0 Å². The molecule has 2 aromatic heterocycles. The van der Waals surface area contributed by atoms with Crippen LogP contribution in [-0.4, -0.2) is 16.7 Å². The van der Waals surface area contributed by atoms with Gasteiger partial charge >= 0.3 is 0 Å². The molecular formula is C17H15N3O2S. The molecule has 0 amide bonds. The summed E-state index contributed by atoms with van der Waals surface area (Å²) in [6.45, 7) is 2.34. The quantitative estimate of drug-likeness (QED) is 0.737. The molecule has 0 bridgehead atoms. The van der Waals surface area contributed by atoms with E-state index in [1.54, 1.807) is 7.11 Å². The number of fused-ring (bicyclic) bond motifs is 1. The molecule has 3 aromatic rings. The minimum atomic E-state index is -0.104. The fourth-order valence-corrected chi connectivity index (χ4v) is 3.60. The molecule has 0 saturated carbocycles. The van der Waals surface area contributed by atoms with E-state index in [9.17, 15) is 4.79 Å². The number of rotatable bonds is 4. The Bertz CT molecular complexity index is 966. The van der Waals surface area contributed by atoms with Crippen LogP contribution in [0, 0.1) is 18.3 Å². The Morgan fingerprint density at radius 3 is 3.00 bits per heavy atom. The van der Waals surface area contributed by atoms with Crippen LogP contribution in [0.25, 0.3) is 21.3 Å². The third-order valence-electron chi connectivity index (χ3n) is 3.68. The van der Waals surface area contributed by atoms with Crippen molar-refractivity contribution in [3.8, 4) is 22.9 Å². The summed E-state index contributed by atoms with van der Waals surface area (Å²) >= 11 is 1.50. The van der Waals surface area contributed by atoms with E-state index in [1.165, 1.54) is 22.2 Å². The van der Waals surface area contributed by atoms with E-state index < -0.39 is 0 Å². The molecule has 6 heteroatoms. The topological polar surface area (TPSA) is 67.9 Å². The Kier molecular flexibility index (Phi) is 4.13. The molecular weight excluding hydrogens is 310 g/mol. The molecule has 0 N–H and O–H groups in total. The molecule has 0 radical (unpaired) electrons. The molecule has 0 aliphatic heterocycles. The molecule has 1 aromatic carbocycles. The lowest BCUT2D eigenvalue weighted by Gasteiger charge is -2.06. The first-order valence-corrected chi connectivity index (χ1v) is 7.97. The van der Waals surface area contributed by atoms with Gasteiger partial charge in [-0.25, -0.2) is 4.98 Å². The number of aromatic nitrogens is 2. The smallest absolute Gasteiger partial charge is 0.262 e. The zero-order valence-corrected chi connectivity index (χ0v) is 13.7. The van der Waals surface area contributed by atoms with Gasteiger partial charge in [0, 0.05) is 17.0 Å². The van der Waals surface area contributed by atoms with Gasteiger partial charge in [0.05, 0.1) is 31.3 Å². The van der Waals surface area contributed by atoms with Crippen LogP contribution < -0.4 is 10.3 Å². The Hall–Kier alpha value is -2.65. The summed E-state index contributed by atoms with van der Waals surface area (Å²) in [4.78, 5) is 18.9. The van der Waals surface area contributed by atoms with E-state index in [2.05, 4.69) is 11.1 Å². The summed E-state index contributed by atoms with van der Waals surface area (Å²) in [5, 5.41) is 9.34. The number of benzene rings is 1. The van der Waals surface area contributed by atoms with Crippen LogP contribution in [0.4, 0.5) is 0 Å². The van der Waals surface area contributed by atoms with Crippen LogP contribution in [-0.2, 0) is 6.54 Å². The molecule has 2 heterocycles. The van der Waals surface area contributed by atoms with Crippen molar-refractivity contribution in [1.82, 2.24) is 9.55 Å². The summed E-state index contributed by atoms with van der Waals surface area (Å²) in [7, 11) is 1.62. The Balaban J connectivity index is 2.25. The fourth-order valence-electron chi connectivity index (χ4n) is 2.59. The summed E-state index contributed by atoms with van der Waals surface area (Å²) in [6.07, 6.45) is 1.80. The monoisotopic (exact) mass is 325 g/mol. The average molecular weight is 325 g/mol. The highest BCUT2D eigenvalue weighted by Gasteiger charge is 2.17. The molecule has 0 spiro atoms. The highest BCUT2D eigenvalue weighted by Crippen LogP contribution is 2.36. The van der Waals surface area contributed by atoms with Crippen molar-refractivity contribution >= 4 is 21.6 Å². The first-order valence-electron chi connectivity index (χ1n) is 7.15. The second-order valence-electron chi connectivity index (χ2n) is 5.10. The second kappa shape index (κ2) is 6.23. The first kappa shape index (κ1) is 15.3. The lowest BCUT2D eigenvalue weighted by atomic mass is 10.0. The maximum Gasteiger partial charge on any atom is 0.262 e. The van der Waals surface area contributed by atoms with Crippen molar-refractivity contribution in [1.29, 1.82) is 5.26 Å². The van der Waals surface area contributed by atoms with Gasteiger partial charge in [0.1, 0.15) is 10.6 Å². The minimum Gasteiger partial charge on any atom is -0.497 e. The lowest BCUT2D eigenvalue weighted by molar-refractivity contribution is 0.415. The molecule has 5 nitrogen and oxygen atoms in total. The number of nitriles is 1. The van der Waals surface area contributed by atoms with Crippen LogP contribution in [0.5, 0.6) is 5.75 Å². The average Bonchev–Trinajstić information content (AvgIpc) is 2.91. The number of nitrogens with zero attached hydrogens (tertiary/aromatic N) is 3. The number of hydrogen-bond acceptors (Lipinski definition) is 5. The predicted molar refractivity (Wildman–Crippen MR) is 90.8 cm³/mol. The third-order valence-corrected chi connectivity index (χ3v) is 4.69. The van der Waals surface area contributed by atoms with Gasteiger partial charge in [-0.1, -0.05) is 12.1 Å². The van der Waals surface area contributed by atoms with E-state index in [0.29, 0.717) is 11.9 Å². The Morgan fingerprint density at radius 2 is 2.26 bits per heavy atom. The van der Waals surface area contributed by atoms with Gasteiger partial charge < -0.3 is 4.74 Å². The summed E-state index contributed by atoms with van der Waals surface area (Å²) < 4.78 is 6.78. The molecule has 23 heavy (non-hydrogen) atoms. The van der Waals surface area contributed by atoms with Crippen LogP contribution in [0.3, 0.4) is 0 Å². The SMILES string of the molecule is COc1cccc(-c2c(C)sc3ncn(CCC#N)c(=O)c23)c1. The second-order valence-corrected chi connectivity index (χ2v) is 6.30. The van der Waals surface area contributed by atoms with Crippen molar-refractivity contribution in [3.05, 3.63) is 45.8 Å². The largest absolute Gasteiger partial charge is 0.497 e. The van der Waals surface area contributed by atoms with Gasteiger partial charge in [0.15, 0.2) is 0 Å². The third kappa shape index (κ3) is 2.71. The molecule has 0 aliphatic rings. The first-order chi connectivity index (χ1) is 11.2. The van der Waals surface area contributed by atoms with Crippen molar-refractivity contribution < 1.29 is 4.74 Å². The number of hydrogen-bond donors (Lipinski definition) is 0. The zero-order valence-electron chi connectivity index (χ0n) is 12.9. The van der Waals surface area contributed by atoms with E-state index in [4.69, 9.17) is 10.00 Å². The van der Waals surface area contributed by atoms with Crippen molar-refractivity contribution in [2.24, 2.45) is 0 Å². The Morgan fingerprint density at radius 1 is 1.43 bits per heavy atom.